The van der Waals surface area contributed by atoms with Crippen LogP contribution in [0.15, 0.2) is 18.3 Å². The van der Waals surface area contributed by atoms with Crippen molar-refractivity contribution in [2.45, 2.75) is 39.3 Å². The third-order valence-electron chi connectivity index (χ3n) is 3.60. The van der Waals surface area contributed by atoms with Gasteiger partial charge in [-0.3, -0.25) is 4.68 Å². The molecule has 2 rings (SSSR count). The molecule has 3 N–H and O–H groups in total. The van der Waals surface area contributed by atoms with Crippen LogP contribution >= 0.6 is 0 Å². The molecule has 1 aromatic rings. The number of aliphatic hydroxyl groups is 1. The Bertz CT molecular complexity index is 572. The van der Waals surface area contributed by atoms with Crippen molar-refractivity contribution in [3.05, 3.63) is 24.0 Å². The Morgan fingerprint density at radius 2 is 2.22 bits per heavy atom. The minimum Gasteiger partial charge on any atom is -0.396 e. The molecule has 0 aromatic carbocycles. The largest absolute Gasteiger partial charge is 0.396 e. The van der Waals surface area contributed by atoms with Crippen LogP contribution in [0.25, 0.3) is 0 Å². The first-order valence-electron chi connectivity index (χ1n) is 7.61. The highest BCUT2D eigenvalue weighted by Crippen LogP contribution is 2.27. The van der Waals surface area contributed by atoms with Crippen LogP contribution < -0.4 is 10.6 Å². The third-order valence-corrected chi connectivity index (χ3v) is 3.60. The molecular weight excluding hydrogens is 306 g/mol. The van der Waals surface area contributed by atoms with Gasteiger partial charge < -0.3 is 15.7 Å². The van der Waals surface area contributed by atoms with Gasteiger partial charge in [0, 0.05) is 25.1 Å². The number of anilines is 1. The minimum absolute atomic E-state index is 0.0128. The number of carbonyl (C=O) groups excluding carboxylic acids is 1. The second kappa shape index (κ2) is 7.54. The number of aliphatic hydroxyl groups excluding tert-OH is 1. The normalized spacial score (nSPS) is 20.5. The number of amides is 2. The highest BCUT2D eigenvalue weighted by Gasteiger charge is 2.24. The van der Waals surface area contributed by atoms with Gasteiger partial charge in [-0.2, -0.15) is 5.10 Å². The number of nitrogens with zero attached hydrogens (tertiary/aromatic N) is 2. The quantitative estimate of drug-likeness (QED) is 0.702. The summed E-state index contributed by atoms with van der Waals surface area (Å²) in [6.07, 6.45) is 2.73. The molecule has 1 aliphatic carbocycles. The summed E-state index contributed by atoms with van der Waals surface area (Å²) in [6, 6.07) is -0.780. The maximum atomic E-state index is 13.3. The van der Waals surface area contributed by atoms with E-state index in [1.54, 1.807) is 6.08 Å². The Morgan fingerprint density at radius 1 is 1.48 bits per heavy atom. The van der Waals surface area contributed by atoms with E-state index in [0.717, 1.165) is 0 Å². The van der Waals surface area contributed by atoms with Gasteiger partial charge in [0.25, 0.3) is 6.43 Å². The number of hydrogen-bond acceptors (Lipinski definition) is 3. The molecule has 8 heteroatoms. The predicted octanol–water partition coefficient (Wildman–Crippen LogP) is 2.54. The summed E-state index contributed by atoms with van der Waals surface area (Å²) >= 11 is 0. The fourth-order valence-corrected chi connectivity index (χ4v) is 2.56. The van der Waals surface area contributed by atoms with E-state index in [-0.39, 0.29) is 35.9 Å². The zero-order valence-corrected chi connectivity index (χ0v) is 13.2. The first kappa shape index (κ1) is 17.4. The second-order valence-electron chi connectivity index (χ2n) is 6.09. The topological polar surface area (TPSA) is 79.2 Å². The Kier molecular flexibility index (Phi) is 5.70. The molecule has 0 bridgehead atoms. The fourth-order valence-electron chi connectivity index (χ4n) is 2.56. The Labute approximate surface area is 133 Å². The summed E-state index contributed by atoms with van der Waals surface area (Å²) in [5.74, 6) is 0.179. The molecule has 0 aliphatic heterocycles. The summed E-state index contributed by atoms with van der Waals surface area (Å²) in [5, 5.41) is 18.1. The zero-order valence-electron chi connectivity index (χ0n) is 13.2. The number of rotatable bonds is 6. The first-order valence-corrected chi connectivity index (χ1v) is 7.61. The maximum Gasteiger partial charge on any atom is 0.319 e. The van der Waals surface area contributed by atoms with Crippen LogP contribution in [-0.4, -0.2) is 33.6 Å². The van der Waals surface area contributed by atoms with Crippen molar-refractivity contribution in [1.29, 1.82) is 0 Å². The lowest BCUT2D eigenvalue weighted by molar-refractivity contribution is 0.138. The number of urea groups is 1. The van der Waals surface area contributed by atoms with Gasteiger partial charge in [-0.05, 0) is 12.3 Å². The number of aromatic nitrogens is 2. The lowest BCUT2D eigenvalue weighted by Gasteiger charge is -2.14. The third kappa shape index (κ3) is 4.51. The Balaban J connectivity index is 2.00. The number of nitrogens with one attached hydrogen (secondary N) is 2. The van der Waals surface area contributed by atoms with Crippen molar-refractivity contribution in [2.24, 2.45) is 11.8 Å². The zero-order chi connectivity index (χ0) is 17.0. The number of halogens is 2. The molecule has 0 saturated heterocycles. The summed E-state index contributed by atoms with van der Waals surface area (Å²) in [4.78, 5) is 12.0. The van der Waals surface area contributed by atoms with Gasteiger partial charge in [-0.25, -0.2) is 13.6 Å². The molecule has 6 nitrogen and oxygen atoms in total. The molecule has 0 saturated carbocycles. The van der Waals surface area contributed by atoms with Crippen molar-refractivity contribution in [2.75, 3.05) is 11.9 Å². The van der Waals surface area contributed by atoms with Gasteiger partial charge in [0.2, 0.25) is 0 Å². The SMILES string of the molecule is CC(C)Cn1ncc(NC(=O)N[C@@H]2C=C[C@H](CO)C2)c1C(F)F. The molecule has 1 aromatic heterocycles. The van der Waals surface area contributed by atoms with E-state index < -0.39 is 12.5 Å². The van der Waals surface area contributed by atoms with E-state index in [2.05, 4.69) is 15.7 Å². The van der Waals surface area contributed by atoms with Crippen molar-refractivity contribution in [3.8, 4) is 0 Å². The van der Waals surface area contributed by atoms with Gasteiger partial charge >= 0.3 is 6.03 Å². The van der Waals surface area contributed by atoms with Crippen LogP contribution in [0.1, 0.15) is 32.4 Å². The predicted molar refractivity (Wildman–Crippen MR) is 82.3 cm³/mol. The van der Waals surface area contributed by atoms with Crippen molar-refractivity contribution in [1.82, 2.24) is 15.1 Å². The Morgan fingerprint density at radius 3 is 2.78 bits per heavy atom. The first-order chi connectivity index (χ1) is 10.9. The molecule has 1 aliphatic rings. The van der Waals surface area contributed by atoms with Crippen molar-refractivity contribution < 1.29 is 18.7 Å². The monoisotopic (exact) mass is 328 g/mol. The second-order valence-corrected chi connectivity index (χ2v) is 6.09. The van der Waals surface area contributed by atoms with E-state index in [9.17, 15) is 13.6 Å². The Hall–Kier alpha value is -1.96. The smallest absolute Gasteiger partial charge is 0.319 e. The molecule has 23 heavy (non-hydrogen) atoms. The van der Waals surface area contributed by atoms with Crippen LogP contribution in [0.3, 0.4) is 0 Å². The summed E-state index contributed by atoms with van der Waals surface area (Å²) in [7, 11) is 0. The summed E-state index contributed by atoms with van der Waals surface area (Å²) in [6.45, 7) is 4.18. The molecule has 2 atom stereocenters. The number of alkyl halides is 2. The molecular formula is C15H22F2N4O2. The molecule has 0 fully saturated rings. The highest BCUT2D eigenvalue weighted by molar-refractivity contribution is 5.90. The van der Waals surface area contributed by atoms with Crippen molar-refractivity contribution in [3.63, 3.8) is 0 Å². The average Bonchev–Trinajstić information content (AvgIpc) is 3.05. The summed E-state index contributed by atoms with van der Waals surface area (Å²) < 4.78 is 27.7. The standard InChI is InChI=1S/C15H22F2N4O2/c1-9(2)7-21-13(14(16)17)12(6-18-21)20-15(23)19-11-4-3-10(5-11)8-22/h3-4,6,9-11,14,22H,5,7-8H2,1-2H3,(H2,19,20,23)/t10-,11+/m0/s1. The van der Waals surface area contributed by atoms with E-state index in [0.29, 0.717) is 13.0 Å². The van der Waals surface area contributed by atoms with Gasteiger partial charge in [-0.15, -0.1) is 0 Å². The van der Waals surface area contributed by atoms with Gasteiger partial charge in [0.1, 0.15) is 5.69 Å². The van der Waals surface area contributed by atoms with E-state index in [1.807, 2.05) is 19.9 Å². The molecule has 128 valence electrons. The van der Waals surface area contributed by atoms with E-state index >= 15 is 0 Å². The highest BCUT2D eigenvalue weighted by atomic mass is 19.3. The molecule has 0 unspecified atom stereocenters. The average molecular weight is 328 g/mol. The van der Waals surface area contributed by atoms with Crippen LogP contribution in [-0.2, 0) is 6.54 Å². The number of carbonyl (C=O) groups is 1. The molecule has 1 heterocycles. The van der Waals surface area contributed by atoms with Crippen LogP contribution in [0.5, 0.6) is 0 Å². The summed E-state index contributed by atoms with van der Waals surface area (Å²) in [5.41, 5.74) is -0.275. The van der Waals surface area contributed by atoms with Crippen LogP contribution in [0.4, 0.5) is 19.3 Å². The van der Waals surface area contributed by atoms with Crippen LogP contribution in [0.2, 0.25) is 0 Å². The molecule has 0 spiro atoms. The van der Waals surface area contributed by atoms with Crippen LogP contribution in [0, 0.1) is 11.8 Å². The fraction of sp³-hybridized carbons (Fsp3) is 0.600. The maximum absolute atomic E-state index is 13.3. The van der Waals surface area contributed by atoms with Crippen molar-refractivity contribution >= 4 is 11.7 Å². The molecule has 2 amide bonds. The minimum atomic E-state index is -2.73. The van der Waals surface area contributed by atoms with Gasteiger partial charge in [-0.1, -0.05) is 26.0 Å². The number of hydrogen-bond donors (Lipinski definition) is 3. The van der Waals surface area contributed by atoms with E-state index in [1.165, 1.54) is 10.9 Å². The molecule has 0 radical (unpaired) electrons. The van der Waals surface area contributed by atoms with Gasteiger partial charge in [0.15, 0.2) is 0 Å². The lowest BCUT2D eigenvalue weighted by Crippen LogP contribution is -2.36. The van der Waals surface area contributed by atoms with Gasteiger partial charge in [0.05, 0.1) is 11.9 Å². The lowest BCUT2D eigenvalue weighted by atomic mass is 10.1. The van der Waals surface area contributed by atoms with E-state index in [4.69, 9.17) is 5.11 Å².